The Balaban J connectivity index is 1.19. The van der Waals surface area contributed by atoms with E-state index in [1.54, 1.807) is 0 Å². The number of amides is 5. The van der Waals surface area contributed by atoms with Crippen molar-refractivity contribution in [3.63, 3.8) is 0 Å². The van der Waals surface area contributed by atoms with Crippen LogP contribution in [0, 0.1) is 0 Å². The first kappa shape index (κ1) is 81.8. The Labute approximate surface area is 560 Å². The van der Waals surface area contributed by atoms with Crippen LogP contribution in [-0.4, -0.2) is 404 Å². The Bertz CT molecular complexity index is 2670. The molecule has 0 aliphatic carbocycles. The van der Waals surface area contributed by atoms with Gasteiger partial charge in [-0.1, -0.05) is 0 Å². The maximum Gasteiger partial charge on any atom is 0.364 e. The van der Waals surface area contributed by atoms with Crippen LogP contribution in [-0.2, 0) is 90.3 Å². The molecule has 0 aromatic heterocycles. The number of carboxylic acid groups (broad SMARTS) is 1. The number of carbonyl (C=O) groups is 6. The van der Waals surface area contributed by atoms with Crippen LogP contribution in [0.3, 0.4) is 0 Å². The van der Waals surface area contributed by atoms with Crippen LogP contribution in [0.15, 0.2) is 0 Å². The van der Waals surface area contributed by atoms with E-state index in [1.807, 2.05) is 0 Å². The van der Waals surface area contributed by atoms with Crippen molar-refractivity contribution >= 4 is 35.5 Å². The van der Waals surface area contributed by atoms with Gasteiger partial charge in [0.25, 0.3) is 5.79 Å². The molecular formula is C55H91N5O39. The van der Waals surface area contributed by atoms with E-state index in [0.29, 0.717) is 0 Å². The van der Waals surface area contributed by atoms with Gasteiger partial charge in [0, 0.05) is 41.0 Å². The monoisotopic (exact) mass is 1450 g/mol. The van der Waals surface area contributed by atoms with Gasteiger partial charge in [-0.05, 0) is 0 Å². The first-order valence-corrected chi connectivity index (χ1v) is 31.2. The smallest absolute Gasteiger partial charge is 0.364 e. The Morgan fingerprint density at radius 3 is 1.28 bits per heavy atom. The molecule has 7 heterocycles. The molecule has 44 heteroatoms. The molecule has 0 saturated carbocycles. The van der Waals surface area contributed by atoms with Crippen molar-refractivity contribution in [2.75, 3.05) is 46.2 Å². The minimum atomic E-state index is -3.05. The summed E-state index contributed by atoms with van der Waals surface area (Å²) >= 11 is 0. The van der Waals surface area contributed by atoms with Crippen LogP contribution in [0.4, 0.5) is 0 Å². The van der Waals surface area contributed by atoms with Crippen molar-refractivity contribution in [1.82, 2.24) is 26.6 Å². The molecule has 0 bridgehead atoms. The van der Waals surface area contributed by atoms with Gasteiger partial charge < -0.3 is 190 Å². The molecule has 5 amide bonds. The van der Waals surface area contributed by atoms with E-state index >= 15 is 0 Å². The van der Waals surface area contributed by atoms with Crippen molar-refractivity contribution in [2.24, 2.45) is 0 Å². The van der Waals surface area contributed by atoms with Gasteiger partial charge in [0.05, 0.1) is 58.4 Å². The normalized spacial score (nSPS) is 44.9. The summed E-state index contributed by atoms with van der Waals surface area (Å²) in [6.45, 7) is -2.63. The molecule has 0 aromatic carbocycles. The highest BCUT2D eigenvalue weighted by atomic mass is 16.8. The van der Waals surface area contributed by atoms with Crippen molar-refractivity contribution in [2.45, 2.75) is 261 Å². The second kappa shape index (κ2) is 35.3. The number of hydrogen-bond donors (Lipinski definition) is 25. The van der Waals surface area contributed by atoms with E-state index in [0.717, 1.165) is 34.6 Å². The van der Waals surface area contributed by atoms with E-state index in [4.69, 9.17) is 61.6 Å². The summed E-state index contributed by atoms with van der Waals surface area (Å²) in [6, 6.07) is -9.02. The Kier molecular flexibility index (Phi) is 29.2. The third-order valence-electron chi connectivity index (χ3n) is 17.5. The van der Waals surface area contributed by atoms with Crippen LogP contribution < -0.4 is 26.6 Å². The molecule has 0 unspecified atom stereocenters. The molecule has 0 radical (unpaired) electrons. The van der Waals surface area contributed by atoms with Crippen LogP contribution in [0.2, 0.25) is 0 Å². The average molecular weight is 1450 g/mol. The number of hydrogen-bond acceptors (Lipinski definition) is 38. The lowest BCUT2D eigenvalue weighted by Crippen LogP contribution is -2.71. The maximum absolute atomic E-state index is 13.1. The average Bonchev–Trinajstić information content (AvgIpc) is 0.769. The summed E-state index contributed by atoms with van der Waals surface area (Å²) < 4.78 is 76.1. The number of aliphatic hydroxyl groups excluding tert-OH is 19. The molecule has 7 saturated heterocycles. The fourth-order valence-corrected chi connectivity index (χ4v) is 12.5. The third-order valence-corrected chi connectivity index (χ3v) is 17.5. The molecule has 0 spiro atoms. The minimum absolute atomic E-state index is 0.797. The van der Waals surface area contributed by atoms with Gasteiger partial charge in [-0.25, -0.2) is 4.79 Å². The zero-order valence-corrected chi connectivity index (χ0v) is 53.6. The molecular weight excluding hydrogens is 1350 g/mol. The number of rotatable bonds is 27. The molecule has 0 aromatic rings. The summed E-state index contributed by atoms with van der Waals surface area (Å²) in [6.07, 6.45) is -62.1. The predicted molar refractivity (Wildman–Crippen MR) is 307 cm³/mol. The zero-order chi connectivity index (χ0) is 73.6. The molecule has 7 fully saturated rings. The first-order valence-electron chi connectivity index (χ1n) is 31.2. The van der Waals surface area contributed by atoms with Gasteiger partial charge in [0.1, 0.15) is 165 Å². The number of nitrogens with one attached hydrogen (secondary N) is 5. The highest BCUT2D eigenvalue weighted by molar-refractivity contribution is 5.77. The summed E-state index contributed by atoms with van der Waals surface area (Å²) in [4.78, 5) is 76.0. The van der Waals surface area contributed by atoms with E-state index in [2.05, 4.69) is 26.6 Å². The van der Waals surface area contributed by atoms with Gasteiger partial charge in [-0.3, -0.25) is 24.0 Å². The van der Waals surface area contributed by atoms with Crippen LogP contribution >= 0.6 is 0 Å². The van der Waals surface area contributed by atoms with E-state index in [9.17, 15) is 131 Å². The van der Waals surface area contributed by atoms with E-state index in [1.165, 1.54) is 0 Å². The lowest BCUT2D eigenvalue weighted by Gasteiger charge is -2.51. The summed E-state index contributed by atoms with van der Waals surface area (Å²) in [5, 5.41) is 231. The molecule has 570 valence electrons. The topological polar surface area (TPSA) is 687 Å². The SMILES string of the molecule is CC(=O)N[C@@H]1[C@@H](O[C@@H]2O[C@H](CO)[C@@H](O[C@@H]3O[C@H](CO[C@@H]4O[C@H](CO)[C@@H](O)[C@@H](O)[C@H]4NC(C)=O)[C@H](O)[C@H](O[C@@H]4O[C@H](CO)[C@@H](O[C@@H]5O[C@H](CO)[C@H](O)[C@H](O)[C@H]5O)[C@H](O)[C@H]4NC(C)=O)[C@H]3O)[C@H](O)[C@H]2NC(C)=O)[C@@H](O)[C@@H](CO[C@]2(C(=O)O)C[C@H](O)[C@@H](NC(C)=O)[C@H]([C@H](O)[C@H](O)CO)O2)O[C@@H]1O. The van der Waals surface area contributed by atoms with Gasteiger partial charge in [0.15, 0.2) is 37.7 Å². The standard InChI is InChI=1S/C55H91N5O39/c1-14(66)56-27-19(71)6-55(54(85)86,99-46(27)32(73)20(72)7-61)88-13-26-35(76)45(31(48(84)89-26)60-18(5)70)97-50-29(58-16(3)68)38(79)44(24(11-65)92-50)96-53-42(83)47(36(77)25(94-53)12-87-49-28(57-15(2)67)37(78)33(74)21(8-62)90-49)98-51-30(59-17(4)69)39(80)43(23(10-64)93-51)95-52-41(82)40(81)34(75)22(9-63)91-52/h19-53,61-65,71-84H,6-13H2,1-5H3,(H,56,66)(H,57,67)(H,58,68)(H,59,69)(H,60,70)(H,85,86)/t19-,20+,21+,22+,23+,24+,25+,26+,27+,28+,29+,30+,31+,32+,33+,34-,35-,36-,37-,38+,39+,40-,41+,42+,43+,44+,45+,46+,47-,48-,49+,50-,51-,52-,53-,55+/m0/s1. The quantitative estimate of drug-likeness (QED) is 0.0363. The lowest BCUT2D eigenvalue weighted by molar-refractivity contribution is -0.383. The molecule has 36 atom stereocenters. The van der Waals surface area contributed by atoms with Gasteiger partial charge in [-0.2, -0.15) is 0 Å². The van der Waals surface area contributed by atoms with Crippen LogP contribution in [0.5, 0.6) is 0 Å². The van der Waals surface area contributed by atoms with E-state index in [-0.39, 0.29) is 0 Å². The molecule has 99 heavy (non-hydrogen) atoms. The third kappa shape index (κ3) is 18.7. The van der Waals surface area contributed by atoms with Crippen molar-refractivity contribution in [1.29, 1.82) is 0 Å². The highest BCUT2D eigenvalue weighted by Gasteiger charge is 2.61. The molecule has 44 nitrogen and oxygen atoms in total. The molecule has 25 N–H and O–H groups in total. The number of aliphatic carboxylic acids is 1. The van der Waals surface area contributed by atoms with E-state index < -0.39 is 308 Å². The first-order chi connectivity index (χ1) is 46.6. The summed E-state index contributed by atoms with van der Waals surface area (Å²) in [5.41, 5.74) is 0. The fourth-order valence-electron chi connectivity index (χ4n) is 12.5. The van der Waals surface area contributed by atoms with Crippen molar-refractivity contribution in [3.05, 3.63) is 0 Å². The number of aliphatic hydroxyl groups is 19. The van der Waals surface area contributed by atoms with Crippen molar-refractivity contribution in [3.8, 4) is 0 Å². The predicted octanol–water partition coefficient (Wildman–Crippen LogP) is -16.4. The summed E-state index contributed by atoms with van der Waals surface area (Å²) in [7, 11) is 0. The lowest BCUT2D eigenvalue weighted by atomic mass is 9.88. The second-order valence-electron chi connectivity index (χ2n) is 24.7. The zero-order valence-electron chi connectivity index (χ0n) is 53.6. The number of carboxylic acids is 1. The Hall–Kier alpha value is -4.46. The summed E-state index contributed by atoms with van der Waals surface area (Å²) in [5.74, 6) is -9.49. The minimum Gasteiger partial charge on any atom is -0.477 e. The van der Waals surface area contributed by atoms with Crippen LogP contribution in [0.25, 0.3) is 0 Å². The van der Waals surface area contributed by atoms with Gasteiger partial charge >= 0.3 is 5.97 Å². The maximum atomic E-state index is 13.1. The molecule has 7 aliphatic heterocycles. The fraction of sp³-hybridized carbons (Fsp3) is 0.891. The van der Waals surface area contributed by atoms with Gasteiger partial charge in [0.2, 0.25) is 29.5 Å². The Morgan fingerprint density at radius 2 is 0.808 bits per heavy atom. The number of carbonyl (C=O) groups excluding carboxylic acids is 5. The largest absolute Gasteiger partial charge is 0.477 e. The van der Waals surface area contributed by atoms with Crippen molar-refractivity contribution < 1.29 is 192 Å². The van der Waals surface area contributed by atoms with Crippen LogP contribution in [0.1, 0.15) is 41.0 Å². The second-order valence-corrected chi connectivity index (χ2v) is 24.7. The molecule has 7 aliphatic rings. The molecule has 7 rings (SSSR count). The van der Waals surface area contributed by atoms with Gasteiger partial charge in [-0.15, -0.1) is 0 Å². The number of ether oxygens (including phenoxy) is 13. The Morgan fingerprint density at radius 1 is 0.414 bits per heavy atom. The highest BCUT2D eigenvalue weighted by Crippen LogP contribution is 2.39.